The SMILES string of the molecule is Cc1cccc(C)c1N/N=C(/C1=NCCN1Cc1ccc(Cl)nc1)[N+](=O)[O-]. The van der Waals surface area contributed by atoms with Crippen molar-refractivity contribution < 1.29 is 4.92 Å². The summed E-state index contributed by atoms with van der Waals surface area (Å²) in [6.07, 6.45) is 1.65. The summed E-state index contributed by atoms with van der Waals surface area (Å²) in [5.74, 6) is -0.0502. The number of amidine groups is 2. The van der Waals surface area contributed by atoms with Crippen molar-refractivity contribution in [3.05, 3.63) is 68.5 Å². The van der Waals surface area contributed by atoms with E-state index in [0.717, 1.165) is 22.4 Å². The molecule has 140 valence electrons. The minimum atomic E-state index is -0.516. The number of nitrogens with zero attached hydrogens (tertiary/aromatic N) is 5. The van der Waals surface area contributed by atoms with Crippen LogP contribution in [0.4, 0.5) is 5.69 Å². The number of pyridine rings is 1. The summed E-state index contributed by atoms with van der Waals surface area (Å²) in [6, 6.07) is 9.29. The third kappa shape index (κ3) is 4.40. The minimum absolute atomic E-state index is 0.258. The van der Waals surface area contributed by atoms with Gasteiger partial charge in [-0.2, -0.15) is 5.43 Å². The molecule has 1 N–H and O–H groups in total. The largest absolute Gasteiger partial charge is 0.430 e. The number of aromatic nitrogens is 1. The van der Waals surface area contributed by atoms with E-state index < -0.39 is 4.92 Å². The van der Waals surface area contributed by atoms with Crippen LogP contribution in [0.5, 0.6) is 0 Å². The van der Waals surface area contributed by atoms with Crippen LogP contribution in [-0.2, 0) is 6.54 Å². The first-order valence-corrected chi connectivity index (χ1v) is 8.78. The van der Waals surface area contributed by atoms with Crippen LogP contribution < -0.4 is 5.43 Å². The van der Waals surface area contributed by atoms with Crippen LogP contribution in [0.1, 0.15) is 16.7 Å². The van der Waals surface area contributed by atoms with E-state index in [2.05, 4.69) is 20.5 Å². The van der Waals surface area contributed by atoms with Crippen molar-refractivity contribution in [2.45, 2.75) is 20.4 Å². The quantitative estimate of drug-likeness (QED) is 0.280. The second kappa shape index (κ2) is 8.13. The van der Waals surface area contributed by atoms with Crippen LogP contribution >= 0.6 is 11.6 Å². The van der Waals surface area contributed by atoms with Crippen LogP contribution in [0.15, 0.2) is 46.6 Å². The first-order valence-electron chi connectivity index (χ1n) is 8.40. The fraction of sp³-hybridized carbons (Fsp3) is 0.278. The summed E-state index contributed by atoms with van der Waals surface area (Å²) in [4.78, 5) is 21.3. The van der Waals surface area contributed by atoms with Gasteiger partial charge in [-0.05, 0) is 41.5 Å². The summed E-state index contributed by atoms with van der Waals surface area (Å²) < 4.78 is 0. The lowest BCUT2D eigenvalue weighted by Crippen LogP contribution is -2.37. The van der Waals surface area contributed by atoms with Crippen molar-refractivity contribution >= 4 is 29.0 Å². The Hall–Kier alpha value is -3.00. The number of aryl methyl sites for hydroxylation is 2. The Morgan fingerprint density at radius 2 is 2.07 bits per heavy atom. The van der Waals surface area contributed by atoms with Crippen molar-refractivity contribution in [1.29, 1.82) is 0 Å². The molecule has 1 aromatic carbocycles. The topological polar surface area (TPSA) is 96.0 Å². The standard InChI is InChI=1S/C18H19ClN6O2/c1-12-4-3-5-13(2)16(12)22-23-18(25(26)27)17-20-8-9-24(17)11-14-6-7-15(19)21-10-14/h3-7,10,22H,8-9,11H2,1-2H3/b23-18-. The lowest BCUT2D eigenvalue weighted by atomic mass is 10.1. The lowest BCUT2D eigenvalue weighted by Gasteiger charge is -2.18. The first-order chi connectivity index (χ1) is 13.0. The number of halogens is 1. The molecular weight excluding hydrogens is 368 g/mol. The van der Waals surface area contributed by atoms with Gasteiger partial charge >= 0.3 is 5.84 Å². The fourth-order valence-corrected chi connectivity index (χ4v) is 2.95. The van der Waals surface area contributed by atoms with Crippen molar-refractivity contribution in [1.82, 2.24) is 9.88 Å². The van der Waals surface area contributed by atoms with Crippen LogP contribution in [-0.4, -0.2) is 39.6 Å². The maximum Gasteiger partial charge on any atom is 0.430 e. The van der Waals surface area contributed by atoms with Crippen LogP contribution in [0.2, 0.25) is 5.15 Å². The molecule has 1 aliphatic rings. The minimum Gasteiger partial charge on any atom is -0.358 e. The molecule has 0 spiro atoms. The Morgan fingerprint density at radius 1 is 1.33 bits per heavy atom. The molecule has 0 bridgehead atoms. The summed E-state index contributed by atoms with van der Waals surface area (Å²) in [6.45, 7) is 5.34. The number of hydrogen-bond donors (Lipinski definition) is 1. The Balaban J connectivity index is 1.83. The highest BCUT2D eigenvalue weighted by molar-refractivity contribution is 6.37. The molecule has 0 saturated carbocycles. The predicted molar refractivity (Wildman–Crippen MR) is 106 cm³/mol. The molecule has 0 amide bonds. The molecule has 1 aliphatic heterocycles. The van der Waals surface area contributed by atoms with E-state index in [0.29, 0.717) is 24.8 Å². The van der Waals surface area contributed by atoms with Crippen molar-refractivity contribution in [2.75, 3.05) is 18.5 Å². The highest BCUT2D eigenvalue weighted by Crippen LogP contribution is 2.20. The molecule has 0 aliphatic carbocycles. The van der Waals surface area contributed by atoms with Gasteiger partial charge in [-0.1, -0.05) is 35.9 Å². The van der Waals surface area contributed by atoms with Gasteiger partial charge in [0.1, 0.15) is 5.15 Å². The zero-order valence-electron chi connectivity index (χ0n) is 15.0. The van der Waals surface area contributed by atoms with Crippen LogP contribution in [0.25, 0.3) is 0 Å². The molecule has 0 unspecified atom stereocenters. The summed E-state index contributed by atoms with van der Waals surface area (Å²) >= 11 is 5.81. The molecule has 0 radical (unpaired) electrons. The van der Waals surface area contributed by atoms with Gasteiger partial charge in [-0.25, -0.2) is 4.98 Å². The molecule has 2 aromatic rings. The Labute approximate surface area is 161 Å². The number of hydrogen-bond acceptors (Lipinski definition) is 7. The van der Waals surface area contributed by atoms with E-state index in [1.165, 1.54) is 0 Å². The number of hydrazone groups is 1. The second-order valence-corrected chi connectivity index (χ2v) is 6.57. The Morgan fingerprint density at radius 3 is 2.70 bits per heavy atom. The van der Waals surface area contributed by atoms with Gasteiger partial charge in [-0.15, -0.1) is 0 Å². The number of anilines is 1. The summed E-state index contributed by atoms with van der Waals surface area (Å²) in [5, 5.41) is 16.1. The van der Waals surface area contributed by atoms with Crippen molar-refractivity contribution in [3.63, 3.8) is 0 Å². The van der Waals surface area contributed by atoms with E-state index in [9.17, 15) is 10.1 Å². The van der Waals surface area contributed by atoms with E-state index in [-0.39, 0.29) is 11.7 Å². The molecule has 0 atom stereocenters. The zero-order valence-corrected chi connectivity index (χ0v) is 15.8. The number of nitro groups is 1. The molecule has 9 heteroatoms. The van der Waals surface area contributed by atoms with E-state index in [1.54, 1.807) is 12.3 Å². The molecule has 27 heavy (non-hydrogen) atoms. The Bertz CT molecular complexity index is 890. The van der Waals surface area contributed by atoms with Gasteiger partial charge in [0.15, 0.2) is 0 Å². The molecule has 0 saturated heterocycles. The van der Waals surface area contributed by atoms with Crippen molar-refractivity contribution in [2.24, 2.45) is 10.1 Å². The number of benzene rings is 1. The lowest BCUT2D eigenvalue weighted by molar-refractivity contribution is -0.346. The Kier molecular flexibility index (Phi) is 5.66. The number of rotatable bonds is 5. The molecule has 8 nitrogen and oxygen atoms in total. The maximum atomic E-state index is 11.6. The number of nitrogens with one attached hydrogen (secondary N) is 1. The summed E-state index contributed by atoms with van der Waals surface area (Å²) in [5.41, 5.74) is 6.40. The van der Waals surface area contributed by atoms with Gasteiger partial charge < -0.3 is 15.0 Å². The van der Waals surface area contributed by atoms with Gasteiger partial charge in [0.25, 0.3) is 0 Å². The average Bonchev–Trinajstić information content (AvgIpc) is 3.07. The van der Waals surface area contributed by atoms with Gasteiger partial charge in [-0.3, -0.25) is 4.99 Å². The van der Waals surface area contributed by atoms with E-state index in [1.807, 2.05) is 43.0 Å². The molecule has 2 heterocycles. The first kappa shape index (κ1) is 18.8. The highest BCUT2D eigenvalue weighted by atomic mass is 35.5. The third-order valence-corrected chi connectivity index (χ3v) is 4.44. The van der Waals surface area contributed by atoms with Gasteiger partial charge in [0.2, 0.25) is 5.84 Å². The highest BCUT2D eigenvalue weighted by Gasteiger charge is 2.31. The maximum absolute atomic E-state index is 11.6. The monoisotopic (exact) mass is 386 g/mol. The predicted octanol–water partition coefficient (Wildman–Crippen LogP) is 3.27. The summed E-state index contributed by atoms with van der Waals surface area (Å²) in [7, 11) is 0. The normalized spacial score (nSPS) is 14.3. The van der Waals surface area contributed by atoms with Gasteiger partial charge in [0.05, 0.1) is 17.3 Å². The average molecular weight is 387 g/mol. The number of para-hydroxylation sites is 1. The van der Waals surface area contributed by atoms with E-state index in [4.69, 9.17) is 11.6 Å². The second-order valence-electron chi connectivity index (χ2n) is 6.19. The smallest absolute Gasteiger partial charge is 0.358 e. The fourth-order valence-electron chi connectivity index (χ4n) is 2.84. The van der Waals surface area contributed by atoms with Crippen molar-refractivity contribution in [3.8, 4) is 0 Å². The van der Waals surface area contributed by atoms with E-state index >= 15 is 0 Å². The zero-order chi connectivity index (χ0) is 19.4. The molecular formula is C18H19ClN6O2. The number of aliphatic imine (C=N–C) groups is 1. The van der Waals surface area contributed by atoms with Crippen LogP contribution in [0.3, 0.4) is 0 Å². The third-order valence-electron chi connectivity index (χ3n) is 4.22. The molecule has 0 fully saturated rings. The molecule has 3 rings (SSSR count). The van der Waals surface area contributed by atoms with Crippen LogP contribution in [0, 0.1) is 24.0 Å². The molecule has 1 aromatic heterocycles. The van der Waals surface area contributed by atoms with Gasteiger partial charge in [0, 0.05) is 19.3 Å².